The number of aromatic nitrogens is 4. The molecule has 146 valence electrons. The Labute approximate surface area is 161 Å². The van der Waals surface area contributed by atoms with Crippen LogP contribution in [0.4, 0.5) is 4.39 Å². The van der Waals surface area contributed by atoms with Gasteiger partial charge in [0.15, 0.2) is 0 Å². The zero-order valence-corrected chi connectivity index (χ0v) is 16.1. The van der Waals surface area contributed by atoms with E-state index in [-0.39, 0.29) is 17.9 Å². The van der Waals surface area contributed by atoms with Crippen LogP contribution in [0.25, 0.3) is 10.9 Å². The minimum Gasteiger partial charge on any atom is -0.348 e. The van der Waals surface area contributed by atoms with Crippen LogP contribution in [-0.2, 0) is 18.4 Å². The van der Waals surface area contributed by atoms with Gasteiger partial charge in [0.1, 0.15) is 12.4 Å². The first kappa shape index (κ1) is 18.3. The molecule has 1 aliphatic rings. The van der Waals surface area contributed by atoms with Gasteiger partial charge in [-0.25, -0.2) is 9.07 Å². The summed E-state index contributed by atoms with van der Waals surface area (Å²) in [6.07, 6.45) is 3.61. The molecule has 0 radical (unpaired) electrons. The van der Waals surface area contributed by atoms with Gasteiger partial charge in [-0.05, 0) is 38.3 Å². The Morgan fingerprint density at radius 2 is 2.14 bits per heavy atom. The Balaban J connectivity index is 1.56. The van der Waals surface area contributed by atoms with Crippen LogP contribution in [0.15, 0.2) is 29.2 Å². The fourth-order valence-corrected chi connectivity index (χ4v) is 3.47. The molecule has 0 unspecified atom stereocenters. The molecule has 0 aliphatic heterocycles. The summed E-state index contributed by atoms with van der Waals surface area (Å²) in [4.78, 5) is 25.3. The Kier molecular flexibility index (Phi) is 4.49. The molecule has 2 heterocycles. The summed E-state index contributed by atoms with van der Waals surface area (Å²) in [6, 6.07) is 4.36. The molecule has 4 rings (SSSR count). The molecule has 1 saturated carbocycles. The van der Waals surface area contributed by atoms with E-state index in [1.54, 1.807) is 43.9 Å². The van der Waals surface area contributed by atoms with E-state index in [4.69, 9.17) is 0 Å². The van der Waals surface area contributed by atoms with Crippen molar-refractivity contribution >= 4 is 16.8 Å². The van der Waals surface area contributed by atoms with Crippen LogP contribution in [0.1, 0.15) is 48.5 Å². The second-order valence-corrected chi connectivity index (χ2v) is 7.46. The standard InChI is InChI=1S/C20H22FN5O2/c1-11-4-7-14(15(21)8-11)12(2)23-17(27)10-26-20(28)18-16(9-22-26)25(3)24-19(18)13-5-6-13/h4,7-9,12-13H,5-6,10H2,1-3H3,(H,23,27)/t12-/m0/s1. The van der Waals surface area contributed by atoms with E-state index >= 15 is 0 Å². The number of rotatable bonds is 5. The van der Waals surface area contributed by atoms with Crippen molar-refractivity contribution in [2.75, 3.05) is 0 Å². The summed E-state index contributed by atoms with van der Waals surface area (Å²) in [6.45, 7) is 3.28. The van der Waals surface area contributed by atoms with Crippen LogP contribution in [0.3, 0.4) is 0 Å². The van der Waals surface area contributed by atoms with Gasteiger partial charge >= 0.3 is 0 Å². The molecular weight excluding hydrogens is 361 g/mol. The molecule has 1 atom stereocenters. The predicted octanol–water partition coefficient (Wildman–Crippen LogP) is 2.33. The monoisotopic (exact) mass is 383 g/mol. The Hall–Kier alpha value is -3.03. The number of hydrogen-bond acceptors (Lipinski definition) is 4. The lowest BCUT2D eigenvalue weighted by atomic mass is 10.1. The molecule has 8 heteroatoms. The summed E-state index contributed by atoms with van der Waals surface area (Å²) in [5.41, 5.74) is 2.34. The lowest BCUT2D eigenvalue weighted by Crippen LogP contribution is -2.35. The number of nitrogens with one attached hydrogen (secondary N) is 1. The molecule has 0 spiro atoms. The van der Waals surface area contributed by atoms with E-state index in [1.807, 2.05) is 0 Å². The average molecular weight is 383 g/mol. The predicted molar refractivity (Wildman–Crippen MR) is 102 cm³/mol. The molecule has 1 aromatic carbocycles. The third-order valence-electron chi connectivity index (χ3n) is 5.14. The molecule has 7 nitrogen and oxygen atoms in total. The molecule has 1 fully saturated rings. The van der Waals surface area contributed by atoms with Gasteiger partial charge in [0.2, 0.25) is 5.91 Å². The minimum absolute atomic E-state index is 0.231. The largest absolute Gasteiger partial charge is 0.348 e. The van der Waals surface area contributed by atoms with Crippen molar-refractivity contribution < 1.29 is 9.18 Å². The lowest BCUT2D eigenvalue weighted by molar-refractivity contribution is -0.122. The highest BCUT2D eigenvalue weighted by Crippen LogP contribution is 2.41. The highest BCUT2D eigenvalue weighted by molar-refractivity contribution is 5.82. The second-order valence-electron chi connectivity index (χ2n) is 7.46. The summed E-state index contributed by atoms with van der Waals surface area (Å²) in [5, 5.41) is 11.8. The van der Waals surface area contributed by atoms with E-state index in [2.05, 4.69) is 15.5 Å². The summed E-state index contributed by atoms with van der Waals surface area (Å²) < 4.78 is 16.9. The zero-order valence-electron chi connectivity index (χ0n) is 16.1. The molecule has 1 N–H and O–H groups in total. The number of fused-ring (bicyclic) bond motifs is 1. The lowest BCUT2D eigenvalue weighted by Gasteiger charge is -2.15. The third kappa shape index (κ3) is 3.30. The number of carbonyl (C=O) groups is 1. The topological polar surface area (TPSA) is 81.8 Å². The quantitative estimate of drug-likeness (QED) is 0.733. The summed E-state index contributed by atoms with van der Waals surface area (Å²) in [5.74, 6) is -0.460. The highest BCUT2D eigenvalue weighted by Gasteiger charge is 2.30. The normalized spacial score (nSPS) is 15.0. The number of carbonyl (C=O) groups excluding carboxylic acids is 1. The second kappa shape index (κ2) is 6.85. The van der Waals surface area contributed by atoms with E-state index in [1.165, 1.54) is 6.07 Å². The van der Waals surface area contributed by atoms with Gasteiger partial charge < -0.3 is 5.32 Å². The molecule has 0 saturated heterocycles. The van der Waals surface area contributed by atoms with Crippen LogP contribution >= 0.6 is 0 Å². The SMILES string of the molecule is Cc1ccc([C@H](C)NC(=O)Cn2ncc3c(c(C4CC4)nn3C)c2=O)c(F)c1. The number of aryl methyl sites for hydroxylation is 2. The fraction of sp³-hybridized carbons (Fsp3) is 0.400. The number of halogens is 1. The van der Waals surface area contributed by atoms with E-state index in [0.717, 1.165) is 28.8 Å². The zero-order chi connectivity index (χ0) is 20.0. The first-order valence-electron chi connectivity index (χ1n) is 9.33. The van der Waals surface area contributed by atoms with Gasteiger partial charge in [0, 0.05) is 18.5 Å². The van der Waals surface area contributed by atoms with Crippen molar-refractivity contribution in [3.8, 4) is 0 Å². The van der Waals surface area contributed by atoms with Crippen LogP contribution < -0.4 is 10.9 Å². The van der Waals surface area contributed by atoms with Crippen LogP contribution in [0.5, 0.6) is 0 Å². The molecule has 1 aliphatic carbocycles. The minimum atomic E-state index is -0.520. The Morgan fingerprint density at radius 3 is 2.82 bits per heavy atom. The Bertz CT molecular complexity index is 1130. The first-order chi connectivity index (χ1) is 13.3. The van der Waals surface area contributed by atoms with Gasteiger partial charge in [0.05, 0.1) is 28.8 Å². The van der Waals surface area contributed by atoms with Crippen molar-refractivity contribution in [2.24, 2.45) is 7.05 Å². The van der Waals surface area contributed by atoms with Gasteiger partial charge in [-0.2, -0.15) is 10.2 Å². The number of hydrogen-bond donors (Lipinski definition) is 1. The van der Waals surface area contributed by atoms with Crippen molar-refractivity contribution in [1.82, 2.24) is 24.9 Å². The van der Waals surface area contributed by atoms with Gasteiger partial charge in [-0.3, -0.25) is 14.3 Å². The summed E-state index contributed by atoms with van der Waals surface area (Å²) in [7, 11) is 1.78. The van der Waals surface area contributed by atoms with Crippen molar-refractivity contribution in [3.63, 3.8) is 0 Å². The van der Waals surface area contributed by atoms with Gasteiger partial charge in [0.25, 0.3) is 5.56 Å². The first-order valence-corrected chi connectivity index (χ1v) is 9.33. The number of benzene rings is 1. The number of amides is 1. The maximum Gasteiger partial charge on any atom is 0.278 e. The van der Waals surface area contributed by atoms with Crippen molar-refractivity contribution in [2.45, 2.75) is 45.2 Å². The van der Waals surface area contributed by atoms with Crippen LogP contribution in [0.2, 0.25) is 0 Å². The van der Waals surface area contributed by atoms with E-state index in [0.29, 0.717) is 22.4 Å². The number of nitrogens with zero attached hydrogens (tertiary/aromatic N) is 4. The molecule has 2 aromatic heterocycles. The third-order valence-corrected chi connectivity index (χ3v) is 5.14. The summed E-state index contributed by atoms with van der Waals surface area (Å²) >= 11 is 0. The van der Waals surface area contributed by atoms with Crippen molar-refractivity contribution in [3.05, 3.63) is 57.4 Å². The molecule has 0 bridgehead atoms. The smallest absolute Gasteiger partial charge is 0.278 e. The maximum absolute atomic E-state index is 14.1. The van der Waals surface area contributed by atoms with Gasteiger partial charge in [-0.1, -0.05) is 12.1 Å². The Morgan fingerprint density at radius 1 is 1.39 bits per heavy atom. The molecule has 28 heavy (non-hydrogen) atoms. The highest BCUT2D eigenvalue weighted by atomic mass is 19.1. The van der Waals surface area contributed by atoms with E-state index < -0.39 is 11.9 Å². The van der Waals surface area contributed by atoms with Crippen LogP contribution in [-0.4, -0.2) is 25.5 Å². The van der Waals surface area contributed by atoms with Crippen molar-refractivity contribution in [1.29, 1.82) is 0 Å². The molecular formula is C20H22FN5O2. The molecule has 3 aromatic rings. The van der Waals surface area contributed by atoms with Gasteiger partial charge in [-0.15, -0.1) is 0 Å². The van der Waals surface area contributed by atoms with E-state index in [9.17, 15) is 14.0 Å². The van der Waals surface area contributed by atoms with Crippen LogP contribution in [0, 0.1) is 12.7 Å². The fourth-order valence-electron chi connectivity index (χ4n) is 3.47. The molecule has 1 amide bonds. The average Bonchev–Trinajstić information content (AvgIpc) is 3.41. The maximum atomic E-state index is 14.1.